The highest BCUT2D eigenvalue weighted by molar-refractivity contribution is 5.79. The maximum Gasteiger partial charge on any atom is 0.127 e. The van der Waals surface area contributed by atoms with Crippen molar-refractivity contribution >= 4 is 17.0 Å². The van der Waals surface area contributed by atoms with Crippen LogP contribution in [0.2, 0.25) is 0 Å². The van der Waals surface area contributed by atoms with E-state index < -0.39 is 12.4 Å². The molecule has 0 saturated heterocycles. The van der Waals surface area contributed by atoms with Crippen molar-refractivity contribution in [2.75, 3.05) is 6.61 Å². The van der Waals surface area contributed by atoms with Gasteiger partial charge in [-0.1, -0.05) is 24.3 Å². The van der Waals surface area contributed by atoms with E-state index in [-0.39, 0.29) is 0 Å². The Labute approximate surface area is 86.7 Å². The van der Waals surface area contributed by atoms with Crippen LogP contribution in [0.4, 0.5) is 4.39 Å². The first-order valence-corrected chi connectivity index (χ1v) is 4.62. The highest BCUT2D eigenvalue weighted by Gasteiger charge is 1.97. The molecule has 0 spiro atoms. The molecule has 0 aliphatic rings. The number of aliphatic hydroxyl groups is 1. The average Bonchev–Trinajstić information content (AvgIpc) is 2.29. The van der Waals surface area contributed by atoms with E-state index in [2.05, 4.69) is 4.98 Å². The maximum atomic E-state index is 12.8. The molecule has 2 nitrogen and oxygen atoms in total. The third-order valence-electron chi connectivity index (χ3n) is 2.08. The number of rotatable bonds is 2. The Morgan fingerprint density at radius 1 is 1.27 bits per heavy atom. The predicted octanol–water partition coefficient (Wildman–Crippen LogP) is 2.54. The molecule has 2 aromatic rings. The van der Waals surface area contributed by atoms with Gasteiger partial charge in [-0.05, 0) is 18.2 Å². The third-order valence-corrected chi connectivity index (χ3v) is 2.08. The molecule has 15 heavy (non-hydrogen) atoms. The lowest BCUT2D eigenvalue weighted by molar-refractivity contribution is 0.300. The number of hydrogen-bond donors (Lipinski definition) is 1. The van der Waals surface area contributed by atoms with Gasteiger partial charge in [0.1, 0.15) is 5.83 Å². The maximum absolute atomic E-state index is 12.8. The van der Waals surface area contributed by atoms with Crippen LogP contribution in [0.1, 0.15) is 5.69 Å². The number of nitrogens with zero attached hydrogens (tertiary/aromatic N) is 1. The first-order chi connectivity index (χ1) is 7.29. The van der Waals surface area contributed by atoms with E-state index in [1.54, 1.807) is 6.07 Å². The number of para-hydroxylation sites is 1. The molecule has 2 rings (SSSR count). The van der Waals surface area contributed by atoms with E-state index in [1.165, 1.54) is 6.08 Å². The fourth-order valence-electron chi connectivity index (χ4n) is 1.37. The molecule has 76 valence electrons. The SMILES string of the molecule is OC/C(F)=C/c1ccc2ccccc2n1. The number of fused-ring (bicyclic) bond motifs is 1. The first kappa shape index (κ1) is 9.80. The van der Waals surface area contributed by atoms with Gasteiger partial charge in [-0.25, -0.2) is 9.37 Å². The summed E-state index contributed by atoms with van der Waals surface area (Å²) in [5.74, 6) is -0.585. The van der Waals surface area contributed by atoms with Crippen molar-refractivity contribution in [3.05, 3.63) is 47.9 Å². The van der Waals surface area contributed by atoms with Crippen molar-refractivity contribution in [2.45, 2.75) is 0 Å². The van der Waals surface area contributed by atoms with Crippen LogP contribution in [-0.4, -0.2) is 16.7 Å². The van der Waals surface area contributed by atoms with E-state index in [1.807, 2.05) is 30.3 Å². The molecule has 0 atom stereocenters. The number of halogens is 1. The molecule has 0 amide bonds. The largest absolute Gasteiger partial charge is 0.389 e. The van der Waals surface area contributed by atoms with Crippen LogP contribution in [0.15, 0.2) is 42.2 Å². The Morgan fingerprint density at radius 3 is 2.87 bits per heavy atom. The van der Waals surface area contributed by atoms with Gasteiger partial charge in [-0.15, -0.1) is 0 Å². The highest BCUT2D eigenvalue weighted by atomic mass is 19.1. The van der Waals surface area contributed by atoms with Gasteiger partial charge in [0.15, 0.2) is 0 Å². The Balaban J connectivity index is 2.47. The molecule has 0 aliphatic heterocycles. The summed E-state index contributed by atoms with van der Waals surface area (Å²) in [4.78, 5) is 4.24. The van der Waals surface area contributed by atoms with Gasteiger partial charge in [-0.2, -0.15) is 0 Å². The Bertz CT molecular complexity index is 508. The van der Waals surface area contributed by atoms with Crippen LogP contribution in [0.5, 0.6) is 0 Å². The second-order valence-electron chi connectivity index (χ2n) is 3.18. The quantitative estimate of drug-likeness (QED) is 0.813. The summed E-state index contributed by atoms with van der Waals surface area (Å²) >= 11 is 0. The number of pyridine rings is 1. The second kappa shape index (κ2) is 4.19. The van der Waals surface area contributed by atoms with Crippen molar-refractivity contribution in [1.29, 1.82) is 0 Å². The minimum Gasteiger partial charge on any atom is -0.389 e. The minimum absolute atomic E-state index is 0.514. The fourth-order valence-corrected chi connectivity index (χ4v) is 1.37. The standard InChI is InChI=1S/C12H10FNO/c13-10(8-15)7-11-6-5-9-3-1-2-4-12(9)14-11/h1-7,15H,8H2/b10-7-. The lowest BCUT2D eigenvalue weighted by atomic mass is 10.2. The Hall–Kier alpha value is -1.74. The van der Waals surface area contributed by atoms with E-state index >= 15 is 0 Å². The zero-order valence-corrected chi connectivity index (χ0v) is 8.02. The number of hydrogen-bond acceptors (Lipinski definition) is 2. The van der Waals surface area contributed by atoms with Gasteiger partial charge in [-0.3, -0.25) is 0 Å². The summed E-state index contributed by atoms with van der Waals surface area (Å²) in [6.07, 6.45) is 1.23. The number of aliphatic hydroxyl groups excluding tert-OH is 1. The molecule has 1 N–H and O–H groups in total. The van der Waals surface area contributed by atoms with Gasteiger partial charge in [0, 0.05) is 5.39 Å². The normalized spacial score (nSPS) is 12.0. The van der Waals surface area contributed by atoms with Crippen molar-refractivity contribution in [3.8, 4) is 0 Å². The van der Waals surface area contributed by atoms with E-state index in [4.69, 9.17) is 5.11 Å². The summed E-state index contributed by atoms with van der Waals surface area (Å²) < 4.78 is 12.8. The number of aromatic nitrogens is 1. The van der Waals surface area contributed by atoms with Crippen LogP contribution in [-0.2, 0) is 0 Å². The molecule has 1 aromatic carbocycles. The van der Waals surface area contributed by atoms with Crippen LogP contribution in [0.3, 0.4) is 0 Å². The highest BCUT2D eigenvalue weighted by Crippen LogP contribution is 2.13. The average molecular weight is 203 g/mol. The Morgan fingerprint density at radius 2 is 2.07 bits per heavy atom. The van der Waals surface area contributed by atoms with E-state index in [0.29, 0.717) is 5.69 Å². The van der Waals surface area contributed by atoms with Gasteiger partial charge in [0.2, 0.25) is 0 Å². The lowest BCUT2D eigenvalue weighted by Crippen LogP contribution is -1.86. The zero-order valence-electron chi connectivity index (χ0n) is 8.02. The van der Waals surface area contributed by atoms with Crippen molar-refractivity contribution < 1.29 is 9.50 Å². The van der Waals surface area contributed by atoms with Gasteiger partial charge in [0.25, 0.3) is 0 Å². The molecule has 0 saturated carbocycles. The van der Waals surface area contributed by atoms with E-state index in [9.17, 15) is 4.39 Å². The first-order valence-electron chi connectivity index (χ1n) is 4.62. The Kier molecular flexibility index (Phi) is 2.74. The van der Waals surface area contributed by atoms with Crippen molar-refractivity contribution in [3.63, 3.8) is 0 Å². The monoisotopic (exact) mass is 203 g/mol. The van der Waals surface area contributed by atoms with Crippen LogP contribution < -0.4 is 0 Å². The smallest absolute Gasteiger partial charge is 0.127 e. The predicted molar refractivity (Wildman–Crippen MR) is 57.9 cm³/mol. The van der Waals surface area contributed by atoms with Gasteiger partial charge in [0.05, 0.1) is 17.8 Å². The summed E-state index contributed by atoms with van der Waals surface area (Å²) in [6, 6.07) is 11.2. The van der Waals surface area contributed by atoms with Crippen LogP contribution in [0, 0.1) is 0 Å². The van der Waals surface area contributed by atoms with Crippen molar-refractivity contribution in [2.24, 2.45) is 0 Å². The van der Waals surface area contributed by atoms with Gasteiger partial charge < -0.3 is 5.11 Å². The third kappa shape index (κ3) is 2.19. The molecular formula is C12H10FNO. The molecule has 0 bridgehead atoms. The lowest BCUT2D eigenvalue weighted by Gasteiger charge is -1.98. The summed E-state index contributed by atoms with van der Waals surface area (Å²) in [7, 11) is 0. The summed E-state index contributed by atoms with van der Waals surface area (Å²) in [6.45, 7) is -0.589. The second-order valence-corrected chi connectivity index (χ2v) is 3.18. The molecule has 1 heterocycles. The molecule has 3 heteroatoms. The van der Waals surface area contributed by atoms with E-state index in [0.717, 1.165) is 10.9 Å². The zero-order chi connectivity index (χ0) is 10.7. The summed E-state index contributed by atoms with van der Waals surface area (Å²) in [5, 5.41) is 9.55. The minimum atomic E-state index is -0.589. The van der Waals surface area contributed by atoms with Gasteiger partial charge >= 0.3 is 0 Å². The molecule has 0 radical (unpaired) electrons. The molecule has 0 unspecified atom stereocenters. The summed E-state index contributed by atoms with van der Waals surface area (Å²) in [5.41, 5.74) is 1.33. The molecular weight excluding hydrogens is 193 g/mol. The molecule has 0 fully saturated rings. The molecule has 1 aromatic heterocycles. The van der Waals surface area contributed by atoms with Crippen LogP contribution in [0.25, 0.3) is 17.0 Å². The fraction of sp³-hybridized carbons (Fsp3) is 0.0833. The molecule has 0 aliphatic carbocycles. The topological polar surface area (TPSA) is 33.1 Å². The van der Waals surface area contributed by atoms with Crippen LogP contribution >= 0.6 is 0 Å². The van der Waals surface area contributed by atoms with Crippen molar-refractivity contribution in [1.82, 2.24) is 4.98 Å². The number of benzene rings is 1.